The van der Waals surface area contributed by atoms with Gasteiger partial charge in [0.2, 0.25) is 0 Å². The molecular weight excluding hydrogens is 376 g/mol. The zero-order valence-electron chi connectivity index (χ0n) is 11.7. The second kappa shape index (κ2) is 7.01. The van der Waals surface area contributed by atoms with Gasteiger partial charge in [-0.1, -0.05) is 6.92 Å². The van der Waals surface area contributed by atoms with Crippen molar-refractivity contribution in [2.24, 2.45) is 0 Å². The summed E-state index contributed by atoms with van der Waals surface area (Å²) < 4.78 is 28.3. The smallest absolute Gasteiger partial charge is 0.260 e. The number of rotatable bonds is 7. The highest BCUT2D eigenvalue weighted by Gasteiger charge is 2.23. The number of nitrogens with one attached hydrogen (secondary N) is 3. The van der Waals surface area contributed by atoms with Crippen LogP contribution >= 0.6 is 27.3 Å². The number of halogens is 1. The van der Waals surface area contributed by atoms with Gasteiger partial charge in [0.05, 0.1) is 0 Å². The molecule has 0 saturated heterocycles. The Bertz CT molecular complexity index is 709. The first-order chi connectivity index (χ1) is 9.95. The summed E-state index contributed by atoms with van der Waals surface area (Å²) in [6.45, 7) is 5.26. The normalized spacial score (nSPS) is 12.0. The van der Waals surface area contributed by atoms with Crippen molar-refractivity contribution in [1.82, 2.24) is 20.2 Å². The van der Waals surface area contributed by atoms with Crippen molar-refractivity contribution >= 4 is 37.3 Å². The third-order valence-corrected chi connectivity index (χ3v) is 6.25. The number of aromatic amines is 1. The Morgan fingerprint density at radius 3 is 2.81 bits per heavy atom. The molecule has 9 heteroatoms. The lowest BCUT2D eigenvalue weighted by Gasteiger charge is -2.07. The molecule has 0 bridgehead atoms. The van der Waals surface area contributed by atoms with Crippen LogP contribution in [-0.2, 0) is 23.1 Å². The molecule has 2 aromatic rings. The van der Waals surface area contributed by atoms with E-state index in [9.17, 15) is 8.42 Å². The van der Waals surface area contributed by atoms with E-state index in [4.69, 9.17) is 0 Å². The van der Waals surface area contributed by atoms with E-state index in [1.54, 1.807) is 0 Å². The highest BCUT2D eigenvalue weighted by atomic mass is 79.9. The molecule has 0 amide bonds. The van der Waals surface area contributed by atoms with E-state index in [1.807, 2.05) is 25.3 Å². The minimum absolute atomic E-state index is 0.0635. The number of nitrogens with zero attached hydrogens (tertiary/aromatic N) is 1. The third-order valence-electron chi connectivity index (χ3n) is 2.96. The molecule has 2 heterocycles. The largest absolute Gasteiger partial charge is 0.313 e. The molecule has 3 N–H and O–H groups in total. The molecule has 0 spiro atoms. The predicted molar refractivity (Wildman–Crippen MR) is 86.7 cm³/mol. The summed E-state index contributed by atoms with van der Waals surface area (Å²) in [5, 5.41) is 11.8. The van der Waals surface area contributed by atoms with Crippen LogP contribution in [0.4, 0.5) is 0 Å². The third kappa shape index (κ3) is 3.92. The van der Waals surface area contributed by atoms with Crippen LogP contribution in [0, 0.1) is 6.92 Å². The molecular formula is C12H17BrN4O2S2. The summed E-state index contributed by atoms with van der Waals surface area (Å²) >= 11 is 4.88. The lowest BCUT2D eigenvalue weighted by atomic mass is 10.2. The molecule has 0 unspecified atom stereocenters. The Labute approximate surface area is 136 Å². The first kappa shape index (κ1) is 16.6. The van der Waals surface area contributed by atoms with Crippen LogP contribution in [0.1, 0.15) is 23.1 Å². The Kier molecular flexibility index (Phi) is 5.55. The summed E-state index contributed by atoms with van der Waals surface area (Å²) in [5.74, 6) is 0. The number of sulfonamides is 1. The average Bonchev–Trinajstić information content (AvgIpc) is 3.01. The second-order valence-corrected chi connectivity index (χ2v) is 7.97. The SMILES string of the molecule is CCNCc1c(S(=O)(=O)NCc2sccc2Br)n[nH]c1C. The maximum absolute atomic E-state index is 12.4. The van der Waals surface area contributed by atoms with Gasteiger partial charge in [0.25, 0.3) is 10.0 Å². The highest BCUT2D eigenvalue weighted by Crippen LogP contribution is 2.23. The topological polar surface area (TPSA) is 86.9 Å². The fraction of sp³-hybridized carbons (Fsp3) is 0.417. The van der Waals surface area contributed by atoms with Crippen molar-refractivity contribution in [2.75, 3.05) is 6.54 Å². The molecule has 2 rings (SSSR count). The fourth-order valence-electron chi connectivity index (χ4n) is 1.79. The van der Waals surface area contributed by atoms with E-state index in [0.717, 1.165) is 21.6 Å². The van der Waals surface area contributed by atoms with Crippen molar-refractivity contribution in [2.45, 2.75) is 32.0 Å². The summed E-state index contributed by atoms with van der Waals surface area (Å²) in [4.78, 5) is 0.930. The van der Waals surface area contributed by atoms with E-state index >= 15 is 0 Å². The first-order valence-electron chi connectivity index (χ1n) is 6.41. The Balaban J connectivity index is 2.18. The number of thiophene rings is 1. The summed E-state index contributed by atoms with van der Waals surface area (Å²) in [6, 6.07) is 1.89. The first-order valence-corrected chi connectivity index (χ1v) is 9.57. The van der Waals surface area contributed by atoms with Gasteiger partial charge in [0.1, 0.15) is 0 Å². The number of hydrogen-bond acceptors (Lipinski definition) is 5. The minimum Gasteiger partial charge on any atom is -0.313 e. The van der Waals surface area contributed by atoms with Crippen LogP contribution in [0.5, 0.6) is 0 Å². The van der Waals surface area contributed by atoms with Gasteiger partial charge in [-0.05, 0) is 40.8 Å². The molecule has 6 nitrogen and oxygen atoms in total. The quantitative estimate of drug-likeness (QED) is 0.673. The molecule has 2 aromatic heterocycles. The lowest BCUT2D eigenvalue weighted by molar-refractivity contribution is 0.574. The molecule has 0 radical (unpaired) electrons. The summed E-state index contributed by atoms with van der Waals surface area (Å²) in [6.07, 6.45) is 0. The van der Waals surface area contributed by atoms with Crippen molar-refractivity contribution in [3.05, 3.63) is 32.1 Å². The molecule has 0 saturated carbocycles. The van der Waals surface area contributed by atoms with Gasteiger partial charge in [-0.2, -0.15) is 5.10 Å². The maximum Gasteiger partial charge on any atom is 0.260 e. The van der Waals surface area contributed by atoms with Crippen LogP contribution in [0.15, 0.2) is 20.9 Å². The van der Waals surface area contributed by atoms with E-state index in [-0.39, 0.29) is 11.6 Å². The van der Waals surface area contributed by atoms with Gasteiger partial charge in [-0.15, -0.1) is 11.3 Å². The zero-order chi connectivity index (χ0) is 15.5. The van der Waals surface area contributed by atoms with Gasteiger partial charge in [0.15, 0.2) is 5.03 Å². The molecule has 0 aliphatic heterocycles. The van der Waals surface area contributed by atoms with Gasteiger partial charge in [-0.25, -0.2) is 13.1 Å². The van der Waals surface area contributed by atoms with Crippen molar-refractivity contribution in [3.63, 3.8) is 0 Å². The molecule has 0 aliphatic carbocycles. The second-order valence-electron chi connectivity index (χ2n) is 4.43. The highest BCUT2D eigenvalue weighted by molar-refractivity contribution is 9.10. The minimum atomic E-state index is -3.64. The van der Waals surface area contributed by atoms with E-state index in [0.29, 0.717) is 12.1 Å². The van der Waals surface area contributed by atoms with Crippen LogP contribution in [0.3, 0.4) is 0 Å². The number of aryl methyl sites for hydroxylation is 1. The molecule has 0 aromatic carbocycles. The van der Waals surface area contributed by atoms with E-state index in [1.165, 1.54) is 11.3 Å². The van der Waals surface area contributed by atoms with Crippen LogP contribution in [0.25, 0.3) is 0 Å². The monoisotopic (exact) mass is 392 g/mol. The van der Waals surface area contributed by atoms with Gasteiger partial charge < -0.3 is 5.32 Å². The van der Waals surface area contributed by atoms with Crippen LogP contribution in [-0.4, -0.2) is 25.2 Å². The molecule has 0 aliphatic rings. The van der Waals surface area contributed by atoms with Crippen molar-refractivity contribution < 1.29 is 8.42 Å². The molecule has 21 heavy (non-hydrogen) atoms. The fourth-order valence-corrected chi connectivity index (χ4v) is 4.50. The van der Waals surface area contributed by atoms with Crippen molar-refractivity contribution in [1.29, 1.82) is 0 Å². The Hall–Kier alpha value is -0.740. The summed E-state index contributed by atoms with van der Waals surface area (Å²) in [5.41, 5.74) is 1.43. The van der Waals surface area contributed by atoms with E-state index in [2.05, 4.69) is 36.2 Å². The van der Waals surface area contributed by atoms with E-state index < -0.39 is 10.0 Å². The van der Waals surface area contributed by atoms with Gasteiger partial charge >= 0.3 is 0 Å². The standard InChI is InChI=1S/C12H17BrN4O2S2/c1-3-14-6-9-8(2)16-17-12(9)21(18,19)15-7-11-10(13)4-5-20-11/h4-5,14-15H,3,6-7H2,1-2H3,(H,16,17). The molecule has 0 fully saturated rings. The van der Waals surface area contributed by atoms with Gasteiger partial charge in [-0.3, -0.25) is 5.10 Å². The predicted octanol–water partition coefficient (Wildman–Crippen LogP) is 2.13. The van der Waals surface area contributed by atoms with Crippen LogP contribution in [0.2, 0.25) is 0 Å². The van der Waals surface area contributed by atoms with Gasteiger partial charge in [0, 0.05) is 33.7 Å². The number of hydrogen-bond donors (Lipinski definition) is 3. The summed E-state index contributed by atoms with van der Waals surface area (Å²) in [7, 11) is -3.64. The van der Waals surface area contributed by atoms with Crippen LogP contribution < -0.4 is 10.0 Å². The Morgan fingerprint density at radius 2 is 2.19 bits per heavy atom. The zero-order valence-corrected chi connectivity index (χ0v) is 15.0. The maximum atomic E-state index is 12.4. The average molecular weight is 393 g/mol. The Morgan fingerprint density at radius 1 is 1.43 bits per heavy atom. The molecule has 116 valence electrons. The number of aromatic nitrogens is 2. The lowest BCUT2D eigenvalue weighted by Crippen LogP contribution is -2.25. The number of H-pyrrole nitrogens is 1. The molecule has 0 atom stereocenters. The van der Waals surface area contributed by atoms with Crippen molar-refractivity contribution in [3.8, 4) is 0 Å².